The van der Waals surface area contributed by atoms with Crippen molar-refractivity contribution in [1.82, 2.24) is 15.1 Å². The molecule has 0 spiro atoms. The van der Waals surface area contributed by atoms with E-state index in [0.29, 0.717) is 12.2 Å². The minimum absolute atomic E-state index is 0.114. The van der Waals surface area contributed by atoms with Gasteiger partial charge in [-0.25, -0.2) is 0 Å². The molecule has 1 heterocycles. The molecule has 3 aromatic rings. The second kappa shape index (κ2) is 8.70. The van der Waals surface area contributed by atoms with Crippen LogP contribution in [0.4, 0.5) is 0 Å². The number of carbonyl (C=O) groups is 1. The summed E-state index contributed by atoms with van der Waals surface area (Å²) in [4.78, 5) is 12.6. The van der Waals surface area contributed by atoms with Crippen LogP contribution in [0.1, 0.15) is 51.3 Å². The molecule has 0 aliphatic heterocycles. The number of amides is 1. The molecule has 0 bridgehead atoms. The molecule has 152 valence electrons. The summed E-state index contributed by atoms with van der Waals surface area (Å²) in [6, 6.07) is 11.2. The molecule has 5 nitrogen and oxygen atoms in total. The Balaban J connectivity index is 1.61. The second-order valence-electron chi connectivity index (χ2n) is 7.40. The molecule has 1 aromatic heterocycles. The lowest BCUT2D eigenvalue weighted by molar-refractivity contribution is 0.0939. The molecule has 3 rings (SSSR count). The monoisotopic (exact) mass is 411 g/mol. The number of halogens is 1. The molecule has 0 saturated carbocycles. The number of nitrogens with one attached hydrogen (secondary N) is 1. The first-order chi connectivity index (χ1) is 13.7. The fraction of sp³-hybridized carbons (Fsp3) is 0.304. The molecule has 0 saturated heterocycles. The predicted octanol–water partition coefficient (Wildman–Crippen LogP) is 5.07. The van der Waals surface area contributed by atoms with E-state index in [1.165, 1.54) is 0 Å². The summed E-state index contributed by atoms with van der Waals surface area (Å²) in [6.45, 7) is 8.25. The zero-order chi connectivity index (χ0) is 21.1. The number of ether oxygens (including phenoxy) is 1. The molecule has 0 aliphatic carbocycles. The molecule has 2 aromatic carbocycles. The van der Waals surface area contributed by atoms with Gasteiger partial charge in [-0.2, -0.15) is 5.10 Å². The molecule has 29 heavy (non-hydrogen) atoms. The average Bonchev–Trinajstić information content (AvgIpc) is 3.02. The van der Waals surface area contributed by atoms with Gasteiger partial charge in [0.1, 0.15) is 12.4 Å². The number of carbonyl (C=O) groups excluding carboxylic acids is 1. The summed E-state index contributed by atoms with van der Waals surface area (Å²) in [6.07, 6.45) is 1.93. The van der Waals surface area contributed by atoms with Crippen LogP contribution in [0.25, 0.3) is 0 Å². The quantitative estimate of drug-likeness (QED) is 0.616. The van der Waals surface area contributed by atoms with Gasteiger partial charge in [0.25, 0.3) is 5.91 Å². The molecular weight excluding hydrogens is 386 g/mol. The van der Waals surface area contributed by atoms with Crippen LogP contribution in [-0.4, -0.2) is 15.7 Å². The van der Waals surface area contributed by atoms with Crippen LogP contribution >= 0.6 is 11.6 Å². The van der Waals surface area contributed by atoms with Crippen molar-refractivity contribution >= 4 is 17.5 Å². The third-order valence-corrected chi connectivity index (χ3v) is 5.49. The van der Waals surface area contributed by atoms with Crippen LogP contribution in [-0.2, 0) is 13.7 Å². The molecule has 1 amide bonds. The van der Waals surface area contributed by atoms with Gasteiger partial charge >= 0.3 is 0 Å². The first kappa shape index (κ1) is 20.9. The highest BCUT2D eigenvalue weighted by atomic mass is 35.5. The van der Waals surface area contributed by atoms with E-state index in [9.17, 15) is 4.79 Å². The van der Waals surface area contributed by atoms with Crippen molar-refractivity contribution in [2.45, 2.75) is 40.3 Å². The lowest BCUT2D eigenvalue weighted by atomic mass is 10.1. The van der Waals surface area contributed by atoms with Crippen molar-refractivity contribution in [2.24, 2.45) is 7.05 Å². The average molecular weight is 412 g/mol. The number of aromatic nitrogens is 2. The Hall–Kier alpha value is -2.79. The van der Waals surface area contributed by atoms with Gasteiger partial charge < -0.3 is 10.1 Å². The smallest absolute Gasteiger partial charge is 0.251 e. The largest absolute Gasteiger partial charge is 0.489 e. The van der Waals surface area contributed by atoms with E-state index in [2.05, 4.69) is 10.4 Å². The van der Waals surface area contributed by atoms with E-state index < -0.39 is 0 Å². The van der Waals surface area contributed by atoms with Gasteiger partial charge in [-0.3, -0.25) is 9.48 Å². The maximum Gasteiger partial charge on any atom is 0.251 e. The van der Waals surface area contributed by atoms with Crippen LogP contribution in [0.5, 0.6) is 5.75 Å². The lowest BCUT2D eigenvalue weighted by Crippen LogP contribution is -2.26. The normalized spacial score (nSPS) is 11.9. The molecular formula is C23H26ClN3O2. The third-order valence-electron chi connectivity index (χ3n) is 4.90. The number of aryl methyl sites for hydroxylation is 4. The minimum Gasteiger partial charge on any atom is -0.489 e. The number of benzene rings is 2. The molecule has 1 atom stereocenters. The van der Waals surface area contributed by atoms with Gasteiger partial charge in [0.2, 0.25) is 0 Å². The van der Waals surface area contributed by atoms with Gasteiger partial charge in [-0.05, 0) is 68.7 Å². The van der Waals surface area contributed by atoms with Gasteiger partial charge in [0, 0.05) is 29.4 Å². The summed E-state index contributed by atoms with van der Waals surface area (Å²) in [5.74, 6) is 0.670. The van der Waals surface area contributed by atoms with Crippen LogP contribution in [0, 0.1) is 20.8 Å². The summed E-state index contributed by atoms with van der Waals surface area (Å²) in [5, 5.41) is 8.12. The van der Waals surface area contributed by atoms with Crippen molar-refractivity contribution in [2.75, 3.05) is 0 Å². The third kappa shape index (κ3) is 4.98. The Bertz CT molecular complexity index is 1000. The predicted molar refractivity (Wildman–Crippen MR) is 116 cm³/mol. The Labute approximate surface area is 176 Å². The van der Waals surface area contributed by atoms with E-state index in [0.717, 1.165) is 38.7 Å². The Morgan fingerprint density at radius 1 is 1.17 bits per heavy atom. The Morgan fingerprint density at radius 2 is 1.79 bits per heavy atom. The van der Waals surface area contributed by atoms with Gasteiger partial charge in [-0.1, -0.05) is 23.7 Å². The Morgan fingerprint density at radius 3 is 2.34 bits per heavy atom. The van der Waals surface area contributed by atoms with E-state index in [1.54, 1.807) is 4.68 Å². The zero-order valence-corrected chi connectivity index (χ0v) is 18.2. The van der Waals surface area contributed by atoms with E-state index in [-0.39, 0.29) is 11.9 Å². The summed E-state index contributed by atoms with van der Waals surface area (Å²) in [5.41, 5.74) is 5.52. The van der Waals surface area contributed by atoms with E-state index in [4.69, 9.17) is 16.3 Å². The first-order valence-electron chi connectivity index (χ1n) is 9.54. The van der Waals surface area contributed by atoms with Crippen LogP contribution < -0.4 is 10.1 Å². The maximum atomic E-state index is 12.6. The van der Waals surface area contributed by atoms with Gasteiger partial charge in [0.15, 0.2) is 0 Å². The van der Waals surface area contributed by atoms with E-state index in [1.807, 2.05) is 77.3 Å². The summed E-state index contributed by atoms with van der Waals surface area (Å²) < 4.78 is 7.63. The molecule has 0 fully saturated rings. The minimum atomic E-state index is -0.115. The second-order valence-corrected chi connectivity index (χ2v) is 7.77. The number of rotatable bonds is 6. The lowest BCUT2D eigenvalue weighted by Gasteiger charge is -2.14. The fourth-order valence-corrected chi connectivity index (χ4v) is 3.42. The van der Waals surface area contributed by atoms with Crippen LogP contribution in [0.2, 0.25) is 5.02 Å². The standard InChI is InChI=1S/C23H26ClN3O2/c1-14-10-20(11-15(2)22(14)24)29-13-18-6-8-19(9-7-18)23(28)25-16(3)21-12-27(5)26-17(21)4/h6-12,16H,13H2,1-5H3,(H,25,28). The summed E-state index contributed by atoms with van der Waals surface area (Å²) in [7, 11) is 1.87. The Kier molecular flexibility index (Phi) is 6.28. The first-order valence-corrected chi connectivity index (χ1v) is 9.92. The number of nitrogens with zero attached hydrogens (tertiary/aromatic N) is 2. The maximum absolute atomic E-state index is 12.6. The molecule has 6 heteroatoms. The molecule has 1 N–H and O–H groups in total. The van der Waals surface area contributed by atoms with Crippen LogP contribution in [0.15, 0.2) is 42.6 Å². The van der Waals surface area contributed by atoms with Gasteiger partial charge in [0.05, 0.1) is 11.7 Å². The number of hydrogen-bond donors (Lipinski definition) is 1. The summed E-state index contributed by atoms with van der Waals surface area (Å²) >= 11 is 6.20. The number of hydrogen-bond acceptors (Lipinski definition) is 3. The molecule has 1 unspecified atom stereocenters. The highest BCUT2D eigenvalue weighted by molar-refractivity contribution is 6.32. The molecule has 0 aliphatic rings. The highest BCUT2D eigenvalue weighted by Crippen LogP contribution is 2.26. The van der Waals surface area contributed by atoms with E-state index >= 15 is 0 Å². The SMILES string of the molecule is Cc1cc(OCc2ccc(C(=O)NC(C)c3cn(C)nc3C)cc2)cc(C)c1Cl. The van der Waals surface area contributed by atoms with Crippen molar-refractivity contribution in [3.8, 4) is 5.75 Å². The topological polar surface area (TPSA) is 56.1 Å². The zero-order valence-electron chi connectivity index (χ0n) is 17.4. The van der Waals surface area contributed by atoms with Crippen molar-refractivity contribution in [3.63, 3.8) is 0 Å². The van der Waals surface area contributed by atoms with Gasteiger partial charge in [-0.15, -0.1) is 0 Å². The van der Waals surface area contributed by atoms with Crippen molar-refractivity contribution in [3.05, 3.63) is 81.1 Å². The highest BCUT2D eigenvalue weighted by Gasteiger charge is 2.15. The fourth-order valence-electron chi connectivity index (χ4n) is 3.31. The van der Waals surface area contributed by atoms with Crippen LogP contribution in [0.3, 0.4) is 0 Å². The van der Waals surface area contributed by atoms with Crippen molar-refractivity contribution < 1.29 is 9.53 Å². The van der Waals surface area contributed by atoms with Crippen molar-refractivity contribution in [1.29, 1.82) is 0 Å². The molecule has 0 radical (unpaired) electrons.